The topological polar surface area (TPSA) is 39.6 Å². The number of piperidine rings is 1. The number of aliphatic hydroxyl groups is 1. The van der Waals surface area contributed by atoms with Crippen LogP contribution in [-0.2, 0) is 0 Å². The first-order valence-corrected chi connectivity index (χ1v) is 6.63. The van der Waals surface area contributed by atoms with Gasteiger partial charge in [-0.2, -0.15) is 0 Å². The second kappa shape index (κ2) is 5.67. The minimum atomic E-state index is -0.487. The van der Waals surface area contributed by atoms with Crippen LogP contribution in [0.15, 0.2) is 18.3 Å². The molecular formula is C14H23N3O. The lowest BCUT2D eigenvalue weighted by atomic mass is 10.0. The minimum absolute atomic E-state index is 0.487. The molecule has 1 aromatic rings. The smallest absolute Gasteiger partial charge is 0.0931 e. The molecule has 0 amide bonds. The van der Waals surface area contributed by atoms with Gasteiger partial charge in [0.25, 0.3) is 0 Å². The van der Waals surface area contributed by atoms with E-state index >= 15 is 0 Å². The first kappa shape index (κ1) is 13.3. The van der Waals surface area contributed by atoms with Gasteiger partial charge in [0.15, 0.2) is 0 Å². The predicted octanol–water partition coefficient (Wildman–Crippen LogP) is 1.67. The summed E-state index contributed by atoms with van der Waals surface area (Å²) in [5.74, 6) is 0. The molecule has 1 atom stereocenters. The quantitative estimate of drug-likeness (QED) is 0.884. The molecule has 0 saturated carbocycles. The zero-order valence-corrected chi connectivity index (χ0v) is 11.5. The molecule has 18 heavy (non-hydrogen) atoms. The van der Waals surface area contributed by atoms with Crippen LogP contribution in [-0.4, -0.2) is 48.2 Å². The van der Waals surface area contributed by atoms with Gasteiger partial charge in [-0.25, -0.2) is 0 Å². The maximum atomic E-state index is 9.44. The lowest BCUT2D eigenvalue weighted by molar-refractivity contribution is 0.194. The average molecular weight is 249 g/mol. The molecule has 1 N–H and O–H groups in total. The third kappa shape index (κ3) is 3.00. The van der Waals surface area contributed by atoms with Crippen molar-refractivity contribution in [3.63, 3.8) is 0 Å². The van der Waals surface area contributed by atoms with Crippen LogP contribution in [0, 0.1) is 0 Å². The Morgan fingerprint density at radius 2 is 2.00 bits per heavy atom. The lowest BCUT2D eigenvalue weighted by Crippen LogP contribution is -2.42. The Bertz CT molecular complexity index is 367. The number of hydrogen-bond donors (Lipinski definition) is 1. The Kier molecular flexibility index (Phi) is 4.19. The van der Waals surface area contributed by atoms with Gasteiger partial charge >= 0.3 is 0 Å². The van der Waals surface area contributed by atoms with Crippen molar-refractivity contribution >= 4 is 5.69 Å². The largest absolute Gasteiger partial charge is 0.387 e. The minimum Gasteiger partial charge on any atom is -0.387 e. The highest BCUT2D eigenvalue weighted by atomic mass is 16.3. The van der Waals surface area contributed by atoms with E-state index in [1.165, 1.54) is 12.8 Å². The Morgan fingerprint density at radius 1 is 1.33 bits per heavy atom. The summed E-state index contributed by atoms with van der Waals surface area (Å²) in [4.78, 5) is 8.99. The van der Waals surface area contributed by atoms with Crippen LogP contribution in [0.4, 0.5) is 5.69 Å². The number of nitrogens with zero attached hydrogens (tertiary/aromatic N) is 3. The molecular weight excluding hydrogens is 226 g/mol. The van der Waals surface area contributed by atoms with Gasteiger partial charge in [-0.05, 0) is 46.0 Å². The Hall–Kier alpha value is -1.13. The van der Waals surface area contributed by atoms with Crippen LogP contribution in [0.1, 0.15) is 31.6 Å². The molecule has 0 unspecified atom stereocenters. The molecule has 2 heterocycles. The van der Waals surface area contributed by atoms with Crippen LogP contribution >= 0.6 is 0 Å². The van der Waals surface area contributed by atoms with Crippen LogP contribution in [0.25, 0.3) is 0 Å². The summed E-state index contributed by atoms with van der Waals surface area (Å²) < 4.78 is 0. The molecule has 0 radical (unpaired) electrons. The predicted molar refractivity (Wildman–Crippen MR) is 73.8 cm³/mol. The van der Waals surface area contributed by atoms with Gasteiger partial charge < -0.3 is 14.9 Å². The van der Waals surface area contributed by atoms with Crippen LogP contribution in [0.3, 0.4) is 0 Å². The van der Waals surface area contributed by atoms with Crippen LogP contribution < -0.4 is 4.90 Å². The lowest BCUT2D eigenvalue weighted by Gasteiger charge is -2.36. The van der Waals surface area contributed by atoms with Gasteiger partial charge in [0.05, 0.1) is 23.7 Å². The maximum Gasteiger partial charge on any atom is 0.0931 e. The molecule has 4 heteroatoms. The number of hydrogen-bond acceptors (Lipinski definition) is 4. The second-order valence-electron chi connectivity index (χ2n) is 5.30. The molecule has 2 rings (SSSR count). The van der Waals surface area contributed by atoms with E-state index in [1.807, 2.05) is 12.3 Å². The average Bonchev–Trinajstić information content (AvgIpc) is 2.39. The molecule has 0 bridgehead atoms. The van der Waals surface area contributed by atoms with E-state index in [9.17, 15) is 5.11 Å². The van der Waals surface area contributed by atoms with E-state index in [4.69, 9.17) is 0 Å². The fraction of sp³-hybridized carbons (Fsp3) is 0.643. The van der Waals surface area contributed by atoms with Crippen molar-refractivity contribution < 1.29 is 5.11 Å². The van der Waals surface area contributed by atoms with E-state index < -0.39 is 6.10 Å². The van der Waals surface area contributed by atoms with Crippen molar-refractivity contribution in [1.82, 2.24) is 9.88 Å². The Balaban J connectivity index is 1.97. The highest BCUT2D eigenvalue weighted by molar-refractivity contribution is 5.45. The Labute approximate surface area is 109 Å². The van der Waals surface area contributed by atoms with E-state index in [1.54, 1.807) is 6.92 Å². The molecule has 1 saturated heterocycles. The van der Waals surface area contributed by atoms with E-state index in [0.717, 1.165) is 24.5 Å². The van der Waals surface area contributed by atoms with Crippen LogP contribution in [0.2, 0.25) is 0 Å². The highest BCUT2D eigenvalue weighted by Crippen LogP contribution is 2.22. The van der Waals surface area contributed by atoms with Gasteiger partial charge in [0.2, 0.25) is 0 Å². The third-order valence-electron chi connectivity index (χ3n) is 3.76. The Morgan fingerprint density at radius 3 is 2.44 bits per heavy atom. The van der Waals surface area contributed by atoms with Crippen LogP contribution in [0.5, 0.6) is 0 Å². The zero-order valence-electron chi connectivity index (χ0n) is 11.5. The fourth-order valence-corrected chi connectivity index (χ4v) is 2.47. The first-order valence-electron chi connectivity index (χ1n) is 6.63. The fourth-order valence-electron chi connectivity index (χ4n) is 2.47. The van der Waals surface area contributed by atoms with Gasteiger partial charge in [-0.3, -0.25) is 4.98 Å². The van der Waals surface area contributed by atoms with E-state index in [0.29, 0.717) is 6.04 Å². The summed E-state index contributed by atoms with van der Waals surface area (Å²) in [7, 11) is 4.30. The molecule has 0 aromatic carbocycles. The highest BCUT2D eigenvalue weighted by Gasteiger charge is 2.20. The summed E-state index contributed by atoms with van der Waals surface area (Å²) in [6, 6.07) is 4.68. The number of aliphatic hydroxyl groups excluding tert-OH is 1. The molecule has 0 spiro atoms. The molecule has 4 nitrogen and oxygen atoms in total. The molecule has 0 aliphatic carbocycles. The van der Waals surface area contributed by atoms with Crippen molar-refractivity contribution in [2.45, 2.75) is 31.9 Å². The molecule has 1 aromatic heterocycles. The van der Waals surface area contributed by atoms with Gasteiger partial charge in [-0.15, -0.1) is 0 Å². The molecule has 100 valence electrons. The van der Waals surface area contributed by atoms with E-state index in [-0.39, 0.29) is 0 Å². The molecule has 1 aliphatic rings. The van der Waals surface area contributed by atoms with Crippen molar-refractivity contribution in [3.05, 3.63) is 24.0 Å². The SMILES string of the molecule is C[C@H](O)c1ccc(N2CCC(N(C)C)CC2)cn1. The van der Waals surface area contributed by atoms with Crippen molar-refractivity contribution in [2.75, 3.05) is 32.1 Å². The number of rotatable bonds is 3. The van der Waals surface area contributed by atoms with E-state index in [2.05, 4.69) is 34.9 Å². The number of pyridine rings is 1. The van der Waals surface area contributed by atoms with Crippen molar-refractivity contribution in [2.24, 2.45) is 0 Å². The summed E-state index contributed by atoms with van der Waals surface area (Å²) in [5, 5.41) is 9.44. The second-order valence-corrected chi connectivity index (χ2v) is 5.30. The summed E-state index contributed by atoms with van der Waals surface area (Å²) >= 11 is 0. The van der Waals surface area contributed by atoms with Gasteiger partial charge in [-0.1, -0.05) is 0 Å². The third-order valence-corrected chi connectivity index (χ3v) is 3.76. The molecule has 1 fully saturated rings. The van der Waals surface area contributed by atoms with Crippen molar-refractivity contribution in [1.29, 1.82) is 0 Å². The zero-order chi connectivity index (χ0) is 13.1. The monoisotopic (exact) mass is 249 g/mol. The summed E-state index contributed by atoms with van der Waals surface area (Å²) in [6.45, 7) is 3.90. The van der Waals surface area contributed by atoms with Gasteiger partial charge in [0.1, 0.15) is 0 Å². The number of anilines is 1. The number of aromatic nitrogens is 1. The summed E-state index contributed by atoms with van der Waals surface area (Å²) in [6.07, 6.45) is 3.78. The maximum absolute atomic E-state index is 9.44. The van der Waals surface area contributed by atoms with Gasteiger partial charge in [0, 0.05) is 19.1 Å². The van der Waals surface area contributed by atoms with Crippen molar-refractivity contribution in [3.8, 4) is 0 Å². The first-order chi connectivity index (χ1) is 8.58. The standard InChI is InChI=1S/C14H23N3O/c1-11(18)14-5-4-13(10-15-14)17-8-6-12(7-9-17)16(2)3/h4-5,10-12,18H,6-9H2,1-3H3/t11-/m0/s1. The summed E-state index contributed by atoms with van der Waals surface area (Å²) in [5.41, 5.74) is 1.90. The molecule has 1 aliphatic heterocycles. The normalized spacial score (nSPS) is 19.3.